The SMILES string of the molecule is FC(F)(F)C1=[S+]CCCS1.O=C(OC(=O)C(F)(F)F)C(F)(F)F.O=S(=O)([O-])C(F)(F)F. The average Bonchev–Trinajstić information content (AvgIpc) is 2.52. The molecule has 0 saturated carbocycles. The van der Waals surface area contributed by atoms with Gasteiger partial charge in [-0.15, -0.1) is 0 Å². The standard InChI is InChI=1S/C5H6F3S2.C4F6O3.CHF3O3S/c6-5(7,8)4-9-2-1-3-10-4;5-3(6,7)1(11)13-2(12)4(8,9)10;2-1(3,4)8(5,6)7/h1-3H2;;(H,5,6,7)/q+1;;/p-1. The minimum absolute atomic E-state index is 0.376. The molecule has 1 heterocycles. The number of thioether (sulfide) groups is 1. The second-order valence-electron chi connectivity index (χ2n) is 4.41. The lowest BCUT2D eigenvalue weighted by atomic mass is 10.6. The summed E-state index contributed by atoms with van der Waals surface area (Å²) in [6, 6.07) is 0. The molecule has 21 heteroatoms. The zero-order valence-electron chi connectivity index (χ0n) is 13.8. The summed E-state index contributed by atoms with van der Waals surface area (Å²) >= 11 is 1.85. The van der Waals surface area contributed by atoms with Gasteiger partial charge in [0.2, 0.25) is 0 Å². The Bertz CT molecular complexity index is 723. The molecular formula is C10H6F12O6S3. The van der Waals surface area contributed by atoms with Crippen LogP contribution in [0.4, 0.5) is 52.7 Å². The summed E-state index contributed by atoms with van der Waals surface area (Å²) in [5.41, 5.74) is -5.65. The van der Waals surface area contributed by atoms with E-state index in [-0.39, 0.29) is 4.20 Å². The van der Waals surface area contributed by atoms with Gasteiger partial charge in [0.1, 0.15) is 0 Å². The summed E-state index contributed by atoms with van der Waals surface area (Å²) in [6.07, 6.45) is -14.5. The maximum atomic E-state index is 11.9. The van der Waals surface area contributed by atoms with E-state index >= 15 is 0 Å². The van der Waals surface area contributed by atoms with Crippen LogP contribution in [0.5, 0.6) is 0 Å². The highest BCUT2D eigenvalue weighted by Crippen LogP contribution is 2.27. The number of ether oxygens (including phenoxy) is 1. The molecule has 0 aromatic heterocycles. The van der Waals surface area contributed by atoms with Crippen molar-refractivity contribution < 1.29 is 80.0 Å². The molecule has 0 fully saturated rings. The molecule has 0 atom stereocenters. The van der Waals surface area contributed by atoms with Crippen LogP contribution < -0.4 is 0 Å². The largest absolute Gasteiger partial charge is 0.741 e. The molecule has 0 aromatic rings. The Hall–Kier alpha value is -1.35. The van der Waals surface area contributed by atoms with Crippen LogP contribution in [0, 0.1) is 0 Å². The van der Waals surface area contributed by atoms with Gasteiger partial charge in [-0.1, -0.05) is 11.8 Å². The van der Waals surface area contributed by atoms with Crippen molar-refractivity contribution in [2.45, 2.75) is 30.5 Å². The number of hydrogen-bond acceptors (Lipinski definition) is 7. The predicted octanol–water partition coefficient (Wildman–Crippen LogP) is 3.13. The van der Waals surface area contributed by atoms with Gasteiger partial charge in [0, 0.05) is 12.2 Å². The van der Waals surface area contributed by atoms with Gasteiger partial charge in [-0.05, 0) is 0 Å². The number of carbonyl (C=O) groups excluding carboxylic acids is 2. The van der Waals surface area contributed by atoms with Crippen LogP contribution in [0.2, 0.25) is 0 Å². The van der Waals surface area contributed by atoms with Crippen molar-refractivity contribution in [3.63, 3.8) is 0 Å². The van der Waals surface area contributed by atoms with E-state index in [1.165, 1.54) is 0 Å². The van der Waals surface area contributed by atoms with Crippen molar-refractivity contribution in [2.24, 2.45) is 0 Å². The highest BCUT2D eigenvalue weighted by Gasteiger charge is 2.49. The van der Waals surface area contributed by atoms with Crippen molar-refractivity contribution in [1.29, 1.82) is 0 Å². The first-order valence-electron chi connectivity index (χ1n) is 6.52. The number of alkyl halides is 12. The van der Waals surface area contributed by atoms with Gasteiger partial charge >= 0.3 is 40.2 Å². The minimum Gasteiger partial charge on any atom is -0.741 e. The molecule has 1 rings (SSSR count). The Labute approximate surface area is 172 Å². The minimum atomic E-state index is -6.09. The maximum Gasteiger partial charge on any atom is 0.491 e. The number of hydrogen-bond donors (Lipinski definition) is 0. The van der Waals surface area contributed by atoms with Crippen LogP contribution in [0.15, 0.2) is 0 Å². The van der Waals surface area contributed by atoms with Crippen LogP contribution in [-0.2, 0) is 35.8 Å². The first-order chi connectivity index (χ1) is 13.4. The van der Waals surface area contributed by atoms with Gasteiger partial charge in [-0.2, -0.15) is 52.7 Å². The summed E-state index contributed by atoms with van der Waals surface area (Å²) in [7, 11) is -6.09. The fraction of sp³-hybridized carbons (Fsp3) is 0.700. The maximum absolute atomic E-state index is 11.9. The lowest BCUT2D eigenvalue weighted by Crippen LogP contribution is -2.34. The molecule has 0 amide bonds. The van der Waals surface area contributed by atoms with Crippen LogP contribution in [0.3, 0.4) is 0 Å². The predicted molar refractivity (Wildman–Crippen MR) is 79.3 cm³/mol. The molecule has 0 spiro atoms. The van der Waals surface area contributed by atoms with E-state index in [0.717, 1.165) is 29.5 Å². The Balaban J connectivity index is 0. The lowest BCUT2D eigenvalue weighted by Gasteiger charge is -2.08. The second-order valence-corrected chi connectivity index (χ2v) is 8.25. The average molecular weight is 546 g/mol. The van der Waals surface area contributed by atoms with E-state index in [9.17, 15) is 62.3 Å². The summed E-state index contributed by atoms with van der Waals surface area (Å²) in [4.78, 5) is 19.3. The van der Waals surface area contributed by atoms with Gasteiger partial charge in [-0.3, -0.25) is 0 Å². The van der Waals surface area contributed by atoms with E-state index < -0.39 is 46.1 Å². The van der Waals surface area contributed by atoms with Crippen molar-refractivity contribution >= 4 is 49.4 Å². The Morgan fingerprint density at radius 2 is 1.23 bits per heavy atom. The van der Waals surface area contributed by atoms with E-state index in [1.54, 1.807) is 0 Å². The van der Waals surface area contributed by atoms with Crippen molar-refractivity contribution in [3.8, 4) is 0 Å². The highest BCUT2D eigenvalue weighted by molar-refractivity contribution is 8.23. The fourth-order valence-electron chi connectivity index (χ4n) is 0.794. The van der Waals surface area contributed by atoms with Crippen molar-refractivity contribution in [2.75, 3.05) is 11.5 Å². The second kappa shape index (κ2) is 11.5. The summed E-state index contributed by atoms with van der Waals surface area (Å²) in [5.74, 6) is -5.17. The molecule has 0 aromatic carbocycles. The van der Waals surface area contributed by atoms with E-state index in [1.807, 2.05) is 0 Å². The van der Waals surface area contributed by atoms with Gasteiger partial charge < -0.3 is 9.29 Å². The van der Waals surface area contributed by atoms with Gasteiger partial charge in [0.25, 0.3) is 0 Å². The summed E-state index contributed by atoms with van der Waals surface area (Å²) < 4.78 is 164. The summed E-state index contributed by atoms with van der Waals surface area (Å²) in [5, 5.41) is 0. The zero-order valence-corrected chi connectivity index (χ0v) is 16.3. The molecule has 0 aliphatic carbocycles. The Kier molecular flexibility index (Phi) is 11.8. The third-order valence-corrected chi connectivity index (χ3v) is 5.17. The van der Waals surface area contributed by atoms with E-state index in [0.29, 0.717) is 11.5 Å². The molecule has 1 aliphatic rings. The highest BCUT2D eigenvalue weighted by atomic mass is 32.2. The monoisotopic (exact) mass is 546 g/mol. The lowest BCUT2D eigenvalue weighted by molar-refractivity contribution is -0.221. The molecule has 31 heavy (non-hydrogen) atoms. The molecule has 6 nitrogen and oxygen atoms in total. The van der Waals surface area contributed by atoms with Crippen molar-refractivity contribution in [3.05, 3.63) is 0 Å². The molecule has 0 radical (unpaired) electrons. The van der Waals surface area contributed by atoms with Crippen LogP contribution in [-0.4, -0.2) is 64.6 Å². The molecule has 0 saturated heterocycles. The topological polar surface area (TPSA) is 101 Å². The zero-order chi connectivity index (χ0) is 25.5. The molecule has 0 bridgehead atoms. The van der Waals surface area contributed by atoms with Crippen LogP contribution >= 0.6 is 11.8 Å². The molecule has 1 aliphatic heterocycles. The quantitative estimate of drug-likeness (QED) is 0.0876. The number of rotatable bonds is 0. The fourth-order valence-corrected chi connectivity index (χ4v) is 3.09. The Morgan fingerprint density at radius 1 is 0.871 bits per heavy atom. The normalized spacial score (nSPS) is 15.5. The molecular weight excluding hydrogens is 540 g/mol. The Morgan fingerprint density at radius 3 is 1.39 bits per heavy atom. The smallest absolute Gasteiger partial charge is 0.491 e. The van der Waals surface area contributed by atoms with Crippen LogP contribution in [0.25, 0.3) is 0 Å². The van der Waals surface area contributed by atoms with Gasteiger partial charge in [0.15, 0.2) is 27.2 Å². The van der Waals surface area contributed by atoms with Crippen molar-refractivity contribution in [1.82, 2.24) is 0 Å². The summed E-state index contributed by atoms with van der Waals surface area (Å²) in [6.45, 7) is 0. The van der Waals surface area contributed by atoms with Crippen LogP contribution in [0.1, 0.15) is 6.42 Å². The van der Waals surface area contributed by atoms with Gasteiger partial charge in [-0.25, -0.2) is 18.0 Å². The number of carbonyl (C=O) groups is 2. The molecule has 0 unspecified atom stereocenters. The third-order valence-electron chi connectivity index (χ3n) is 1.92. The van der Waals surface area contributed by atoms with E-state index in [4.69, 9.17) is 13.0 Å². The molecule has 0 N–H and O–H groups in total. The third kappa shape index (κ3) is 14.4. The first kappa shape index (κ1) is 31.8. The number of halogens is 12. The van der Waals surface area contributed by atoms with Gasteiger partial charge in [0.05, 0.1) is 0 Å². The number of esters is 2. The van der Waals surface area contributed by atoms with E-state index in [2.05, 4.69) is 4.74 Å². The first-order valence-corrected chi connectivity index (χ1v) is 9.90. The molecule has 184 valence electrons.